The third-order valence-electron chi connectivity index (χ3n) is 4.33. The summed E-state index contributed by atoms with van der Waals surface area (Å²) in [4.78, 5) is 15.0. The summed E-state index contributed by atoms with van der Waals surface area (Å²) in [6.07, 6.45) is 3.34. The summed E-state index contributed by atoms with van der Waals surface area (Å²) in [6, 6.07) is 15.4. The summed E-state index contributed by atoms with van der Waals surface area (Å²) in [5, 5.41) is 0. The standard InChI is InChI=1S/C22H18O4S/c1-14-3-10-22(27-14)17-6-8-19(24-2)16(11-17)4-7-18(23)15-5-9-20-21(12-15)26-13-25-20/h3-12H,13H2,1-2H3. The second-order valence-corrected chi connectivity index (χ2v) is 7.42. The molecule has 4 nitrogen and oxygen atoms in total. The van der Waals surface area contributed by atoms with Crippen LogP contribution < -0.4 is 14.2 Å². The van der Waals surface area contributed by atoms with Gasteiger partial charge in [-0.3, -0.25) is 4.79 Å². The van der Waals surface area contributed by atoms with Crippen LogP contribution in [-0.4, -0.2) is 19.7 Å². The van der Waals surface area contributed by atoms with Crippen molar-refractivity contribution in [2.24, 2.45) is 0 Å². The van der Waals surface area contributed by atoms with Crippen LogP contribution in [0.25, 0.3) is 16.5 Å². The first-order valence-electron chi connectivity index (χ1n) is 8.51. The third-order valence-corrected chi connectivity index (χ3v) is 5.38. The van der Waals surface area contributed by atoms with E-state index in [1.54, 1.807) is 48.8 Å². The minimum atomic E-state index is -0.104. The molecule has 1 aliphatic rings. The van der Waals surface area contributed by atoms with E-state index in [2.05, 4.69) is 19.1 Å². The van der Waals surface area contributed by atoms with Crippen LogP contribution in [0.4, 0.5) is 0 Å². The molecule has 0 amide bonds. The van der Waals surface area contributed by atoms with Crippen molar-refractivity contribution in [2.75, 3.05) is 13.9 Å². The van der Waals surface area contributed by atoms with Gasteiger partial charge in [0.15, 0.2) is 17.3 Å². The molecule has 5 heteroatoms. The molecule has 0 spiro atoms. The predicted octanol–water partition coefficient (Wildman–Crippen LogP) is 5.36. The molecule has 136 valence electrons. The van der Waals surface area contributed by atoms with Crippen LogP contribution in [0, 0.1) is 6.92 Å². The first-order valence-corrected chi connectivity index (χ1v) is 9.32. The molecule has 0 saturated carbocycles. The van der Waals surface area contributed by atoms with Crippen molar-refractivity contribution in [1.29, 1.82) is 0 Å². The van der Waals surface area contributed by atoms with E-state index in [-0.39, 0.29) is 12.6 Å². The summed E-state index contributed by atoms with van der Waals surface area (Å²) in [5.74, 6) is 1.88. The molecule has 0 aliphatic carbocycles. The summed E-state index contributed by atoms with van der Waals surface area (Å²) in [5.41, 5.74) is 2.51. The van der Waals surface area contributed by atoms with Gasteiger partial charge in [0.2, 0.25) is 6.79 Å². The minimum Gasteiger partial charge on any atom is -0.496 e. The molecule has 2 heterocycles. The van der Waals surface area contributed by atoms with Gasteiger partial charge in [-0.1, -0.05) is 0 Å². The number of fused-ring (bicyclic) bond motifs is 1. The Labute approximate surface area is 161 Å². The summed E-state index contributed by atoms with van der Waals surface area (Å²) >= 11 is 1.74. The molecule has 0 N–H and O–H groups in total. The van der Waals surface area contributed by atoms with Gasteiger partial charge >= 0.3 is 0 Å². The summed E-state index contributed by atoms with van der Waals surface area (Å²) in [7, 11) is 1.63. The first kappa shape index (κ1) is 17.4. The zero-order chi connectivity index (χ0) is 18.8. The van der Waals surface area contributed by atoms with Crippen molar-refractivity contribution in [3.05, 3.63) is 70.6 Å². The lowest BCUT2D eigenvalue weighted by Crippen LogP contribution is -1.95. The van der Waals surface area contributed by atoms with Gasteiger partial charge in [-0.05, 0) is 73.2 Å². The Morgan fingerprint density at radius 1 is 1.07 bits per heavy atom. The molecule has 0 radical (unpaired) electrons. The zero-order valence-corrected chi connectivity index (χ0v) is 15.8. The van der Waals surface area contributed by atoms with E-state index >= 15 is 0 Å². The molecule has 0 unspecified atom stereocenters. The fourth-order valence-corrected chi connectivity index (χ4v) is 3.78. The molecule has 1 aliphatic heterocycles. The molecule has 27 heavy (non-hydrogen) atoms. The lowest BCUT2D eigenvalue weighted by molar-refractivity contribution is 0.104. The van der Waals surface area contributed by atoms with E-state index in [0.717, 1.165) is 16.9 Å². The molecular formula is C22H18O4S. The number of thiophene rings is 1. The Hall–Kier alpha value is -3.05. The Balaban J connectivity index is 1.61. The average molecular weight is 378 g/mol. The quantitative estimate of drug-likeness (QED) is 0.443. The van der Waals surface area contributed by atoms with Gasteiger partial charge in [0.05, 0.1) is 7.11 Å². The molecule has 0 bridgehead atoms. The zero-order valence-electron chi connectivity index (χ0n) is 15.0. The molecule has 1 aromatic heterocycles. The van der Waals surface area contributed by atoms with Gasteiger partial charge in [0, 0.05) is 20.9 Å². The number of rotatable bonds is 5. The van der Waals surface area contributed by atoms with Crippen molar-refractivity contribution in [3.8, 4) is 27.7 Å². The predicted molar refractivity (Wildman–Crippen MR) is 107 cm³/mol. The van der Waals surface area contributed by atoms with E-state index in [1.165, 1.54) is 9.75 Å². The van der Waals surface area contributed by atoms with Gasteiger partial charge in [-0.25, -0.2) is 0 Å². The monoisotopic (exact) mass is 378 g/mol. The van der Waals surface area contributed by atoms with Crippen molar-refractivity contribution in [1.82, 2.24) is 0 Å². The number of carbonyl (C=O) groups excluding carboxylic acids is 1. The lowest BCUT2D eigenvalue weighted by atomic mass is 10.1. The van der Waals surface area contributed by atoms with E-state index in [9.17, 15) is 4.79 Å². The highest BCUT2D eigenvalue weighted by Crippen LogP contribution is 2.34. The molecule has 4 rings (SSSR count). The van der Waals surface area contributed by atoms with Gasteiger partial charge in [-0.15, -0.1) is 11.3 Å². The van der Waals surface area contributed by atoms with Crippen LogP contribution in [0.5, 0.6) is 17.2 Å². The lowest BCUT2D eigenvalue weighted by Gasteiger charge is -2.07. The normalized spacial score (nSPS) is 12.5. The topological polar surface area (TPSA) is 44.8 Å². The second-order valence-electron chi connectivity index (χ2n) is 6.13. The van der Waals surface area contributed by atoms with Crippen LogP contribution >= 0.6 is 11.3 Å². The number of ketones is 1. The first-order chi connectivity index (χ1) is 13.1. The second kappa shape index (κ2) is 7.29. The molecule has 2 aromatic carbocycles. The fourth-order valence-electron chi connectivity index (χ4n) is 2.92. The SMILES string of the molecule is COc1ccc(-c2ccc(C)s2)cc1C=CC(=O)c1ccc2c(c1)OCO2. The number of allylic oxidation sites excluding steroid dienone is 1. The Bertz CT molecular complexity index is 1030. The number of hydrogen-bond donors (Lipinski definition) is 0. The van der Waals surface area contributed by atoms with E-state index < -0.39 is 0 Å². The van der Waals surface area contributed by atoms with E-state index in [4.69, 9.17) is 14.2 Å². The highest BCUT2D eigenvalue weighted by Gasteiger charge is 2.15. The van der Waals surface area contributed by atoms with E-state index in [1.807, 2.05) is 18.2 Å². The van der Waals surface area contributed by atoms with Gasteiger partial charge in [0.25, 0.3) is 0 Å². The van der Waals surface area contributed by atoms with Gasteiger partial charge < -0.3 is 14.2 Å². The number of hydrogen-bond acceptors (Lipinski definition) is 5. The molecule has 0 fully saturated rings. The molecule has 0 atom stereocenters. The summed E-state index contributed by atoms with van der Waals surface area (Å²) < 4.78 is 16.1. The number of benzene rings is 2. The van der Waals surface area contributed by atoms with Crippen molar-refractivity contribution >= 4 is 23.2 Å². The summed E-state index contributed by atoms with van der Waals surface area (Å²) in [6.45, 7) is 2.28. The fraction of sp³-hybridized carbons (Fsp3) is 0.136. The van der Waals surface area contributed by atoms with Crippen LogP contribution in [0.3, 0.4) is 0 Å². The smallest absolute Gasteiger partial charge is 0.231 e. The Kier molecular flexibility index (Phi) is 4.69. The maximum Gasteiger partial charge on any atom is 0.231 e. The number of ether oxygens (including phenoxy) is 3. The van der Waals surface area contributed by atoms with Crippen molar-refractivity contribution in [2.45, 2.75) is 6.92 Å². The maximum atomic E-state index is 12.6. The van der Waals surface area contributed by atoms with Gasteiger partial charge in [-0.2, -0.15) is 0 Å². The van der Waals surface area contributed by atoms with Crippen LogP contribution in [0.1, 0.15) is 20.8 Å². The van der Waals surface area contributed by atoms with Crippen LogP contribution in [-0.2, 0) is 0 Å². The number of carbonyl (C=O) groups is 1. The van der Waals surface area contributed by atoms with E-state index in [0.29, 0.717) is 17.1 Å². The number of methoxy groups -OCH3 is 1. The minimum absolute atomic E-state index is 0.104. The molecular weight excluding hydrogens is 360 g/mol. The largest absolute Gasteiger partial charge is 0.496 e. The highest BCUT2D eigenvalue weighted by atomic mass is 32.1. The highest BCUT2D eigenvalue weighted by molar-refractivity contribution is 7.15. The molecule has 0 saturated heterocycles. The van der Waals surface area contributed by atoms with Gasteiger partial charge in [0.1, 0.15) is 5.75 Å². The Morgan fingerprint density at radius 3 is 2.70 bits per heavy atom. The maximum absolute atomic E-state index is 12.6. The van der Waals surface area contributed by atoms with Crippen LogP contribution in [0.2, 0.25) is 0 Å². The average Bonchev–Trinajstić information content (AvgIpc) is 3.34. The van der Waals surface area contributed by atoms with Crippen molar-refractivity contribution in [3.63, 3.8) is 0 Å². The van der Waals surface area contributed by atoms with Crippen LogP contribution in [0.15, 0.2) is 54.6 Å². The Morgan fingerprint density at radius 2 is 1.93 bits per heavy atom. The van der Waals surface area contributed by atoms with Crippen molar-refractivity contribution < 1.29 is 19.0 Å². The third kappa shape index (κ3) is 3.59. The number of aryl methyl sites for hydroxylation is 1. The molecule has 3 aromatic rings.